The number of nitrogens with two attached hydrogens (primary N) is 1. The molecule has 0 saturated carbocycles. The smallest absolute Gasteiger partial charge is 0.407 e. The lowest BCUT2D eigenvalue weighted by Gasteiger charge is -2.35. The average Bonchev–Trinajstić information content (AvgIpc) is 2.27. The molecule has 0 aromatic heterocycles. The number of hydrogen-bond acceptors (Lipinski definition) is 2. The first kappa shape index (κ1) is 11.2. The van der Waals surface area contributed by atoms with Crippen LogP contribution in [0.2, 0.25) is 0 Å². The monoisotopic (exact) mass is 204 g/mol. The third-order valence-corrected chi connectivity index (χ3v) is 2.62. The molecule has 4 nitrogen and oxygen atoms in total. The van der Waals surface area contributed by atoms with Gasteiger partial charge >= 0.3 is 6.09 Å². The summed E-state index contributed by atoms with van der Waals surface area (Å²) in [4.78, 5) is 12.0. The van der Waals surface area contributed by atoms with Gasteiger partial charge in [-0.2, -0.15) is 0 Å². The highest BCUT2D eigenvalue weighted by Crippen LogP contribution is 2.33. The zero-order valence-corrected chi connectivity index (χ0v) is 8.70. The first-order valence-corrected chi connectivity index (χ1v) is 4.64. The van der Waals surface area contributed by atoms with E-state index in [1.54, 1.807) is 0 Å². The molecule has 1 aliphatic heterocycles. The van der Waals surface area contributed by atoms with Gasteiger partial charge in [0.1, 0.15) is 6.17 Å². The molecule has 3 atom stereocenters. The van der Waals surface area contributed by atoms with Gasteiger partial charge in [-0.1, -0.05) is 20.8 Å². The molecule has 14 heavy (non-hydrogen) atoms. The average molecular weight is 204 g/mol. The van der Waals surface area contributed by atoms with Crippen LogP contribution in [0.15, 0.2) is 0 Å². The van der Waals surface area contributed by atoms with Crippen molar-refractivity contribution in [1.29, 1.82) is 0 Å². The molecular weight excluding hydrogens is 187 g/mol. The number of carbonyl (C=O) groups is 1. The predicted molar refractivity (Wildman–Crippen MR) is 50.8 cm³/mol. The highest BCUT2D eigenvalue weighted by molar-refractivity contribution is 5.66. The number of nitrogens with zero attached hydrogens (tertiary/aromatic N) is 1. The molecule has 0 aromatic rings. The molecule has 1 fully saturated rings. The highest BCUT2D eigenvalue weighted by Gasteiger charge is 2.47. The number of halogens is 1. The Morgan fingerprint density at radius 3 is 2.36 bits per heavy atom. The fourth-order valence-electron chi connectivity index (χ4n) is 2.07. The minimum atomic E-state index is -1.25. The Balaban J connectivity index is 2.93. The standard InChI is InChI=1S/C9H17FN2O2/c1-9(2,3)7-6(11)5(10)4-12(7)8(13)14/h5-7H,4,11H2,1-3H3,(H,13,14)/t5-,6-,7?/m1/s1. The maximum atomic E-state index is 13.3. The molecule has 0 bridgehead atoms. The van der Waals surface area contributed by atoms with E-state index in [1.165, 1.54) is 0 Å². The van der Waals surface area contributed by atoms with Gasteiger partial charge in [0.25, 0.3) is 0 Å². The molecule has 1 saturated heterocycles. The molecule has 1 rings (SSSR count). The fraction of sp³-hybridized carbons (Fsp3) is 0.889. The van der Waals surface area contributed by atoms with Crippen LogP contribution in [-0.2, 0) is 0 Å². The van der Waals surface area contributed by atoms with Gasteiger partial charge in [0.2, 0.25) is 0 Å². The summed E-state index contributed by atoms with van der Waals surface area (Å²) < 4.78 is 13.3. The Kier molecular flexibility index (Phi) is 2.71. The number of amides is 1. The van der Waals surface area contributed by atoms with Gasteiger partial charge in [0, 0.05) is 0 Å². The predicted octanol–water partition coefficient (Wildman–Crippen LogP) is 1.06. The summed E-state index contributed by atoms with van der Waals surface area (Å²) in [5, 5.41) is 8.89. The summed E-state index contributed by atoms with van der Waals surface area (Å²) in [6.07, 6.45) is -2.35. The van der Waals surface area contributed by atoms with Crippen molar-refractivity contribution >= 4 is 6.09 Å². The van der Waals surface area contributed by atoms with E-state index in [-0.39, 0.29) is 12.0 Å². The lowest BCUT2D eigenvalue weighted by molar-refractivity contribution is 0.102. The zero-order chi connectivity index (χ0) is 11.1. The van der Waals surface area contributed by atoms with Crippen LogP contribution in [0.3, 0.4) is 0 Å². The van der Waals surface area contributed by atoms with Crippen LogP contribution in [-0.4, -0.2) is 40.9 Å². The van der Waals surface area contributed by atoms with Crippen LogP contribution >= 0.6 is 0 Å². The van der Waals surface area contributed by atoms with E-state index in [0.717, 1.165) is 4.90 Å². The van der Waals surface area contributed by atoms with E-state index < -0.39 is 24.3 Å². The van der Waals surface area contributed by atoms with Gasteiger partial charge in [-0.05, 0) is 5.41 Å². The Bertz CT molecular complexity index is 239. The van der Waals surface area contributed by atoms with Crippen LogP contribution < -0.4 is 5.73 Å². The minimum Gasteiger partial charge on any atom is -0.465 e. The van der Waals surface area contributed by atoms with E-state index in [2.05, 4.69) is 0 Å². The van der Waals surface area contributed by atoms with Crippen LogP contribution in [0.1, 0.15) is 20.8 Å². The summed E-state index contributed by atoms with van der Waals surface area (Å²) in [5.74, 6) is 0. The third kappa shape index (κ3) is 1.82. The summed E-state index contributed by atoms with van der Waals surface area (Å²) in [6, 6.07) is -1.17. The Morgan fingerprint density at radius 1 is 1.57 bits per heavy atom. The second-order valence-corrected chi connectivity index (χ2v) is 4.84. The number of carboxylic acid groups (broad SMARTS) is 1. The number of hydrogen-bond donors (Lipinski definition) is 2. The summed E-state index contributed by atoms with van der Waals surface area (Å²) >= 11 is 0. The molecule has 1 heterocycles. The summed E-state index contributed by atoms with van der Waals surface area (Å²) in [7, 11) is 0. The SMILES string of the molecule is CC(C)(C)C1[C@H](N)[C@H](F)CN1C(=O)O. The molecule has 3 N–H and O–H groups in total. The van der Waals surface area contributed by atoms with E-state index >= 15 is 0 Å². The summed E-state index contributed by atoms with van der Waals surface area (Å²) in [6.45, 7) is 5.49. The van der Waals surface area contributed by atoms with Crippen LogP contribution in [0, 0.1) is 5.41 Å². The Labute approximate surface area is 82.9 Å². The van der Waals surface area contributed by atoms with Gasteiger partial charge in [-0.15, -0.1) is 0 Å². The van der Waals surface area contributed by atoms with E-state index in [9.17, 15) is 9.18 Å². The maximum Gasteiger partial charge on any atom is 0.407 e. The van der Waals surface area contributed by atoms with Crippen molar-refractivity contribution < 1.29 is 14.3 Å². The first-order valence-electron chi connectivity index (χ1n) is 4.64. The summed E-state index contributed by atoms with van der Waals surface area (Å²) in [5.41, 5.74) is 5.32. The highest BCUT2D eigenvalue weighted by atomic mass is 19.1. The first-order chi connectivity index (χ1) is 6.25. The van der Waals surface area contributed by atoms with Crippen LogP contribution in [0.25, 0.3) is 0 Å². The minimum absolute atomic E-state index is 0.113. The molecule has 0 aromatic carbocycles. The van der Waals surface area contributed by atoms with Crippen molar-refractivity contribution in [3.8, 4) is 0 Å². The molecule has 82 valence electrons. The number of rotatable bonds is 0. The van der Waals surface area contributed by atoms with Crippen LogP contribution in [0.4, 0.5) is 9.18 Å². The molecular formula is C9H17FN2O2. The van der Waals surface area contributed by atoms with E-state index in [0.29, 0.717) is 0 Å². The maximum absolute atomic E-state index is 13.3. The fourth-order valence-corrected chi connectivity index (χ4v) is 2.07. The van der Waals surface area contributed by atoms with E-state index in [1.807, 2.05) is 20.8 Å². The molecule has 1 unspecified atom stereocenters. The topological polar surface area (TPSA) is 66.6 Å². The van der Waals surface area contributed by atoms with E-state index in [4.69, 9.17) is 10.8 Å². The van der Waals surface area contributed by atoms with Crippen molar-refractivity contribution in [2.24, 2.45) is 11.1 Å². The molecule has 5 heteroatoms. The molecule has 0 radical (unpaired) electrons. The third-order valence-electron chi connectivity index (χ3n) is 2.62. The lowest BCUT2D eigenvalue weighted by Crippen LogP contribution is -2.50. The van der Waals surface area contributed by atoms with Gasteiger partial charge < -0.3 is 15.7 Å². The largest absolute Gasteiger partial charge is 0.465 e. The second-order valence-electron chi connectivity index (χ2n) is 4.84. The molecule has 0 spiro atoms. The van der Waals surface area contributed by atoms with Gasteiger partial charge in [-0.25, -0.2) is 9.18 Å². The zero-order valence-electron chi connectivity index (χ0n) is 8.70. The normalized spacial score (nSPS) is 33.5. The van der Waals surface area contributed by atoms with Crippen molar-refractivity contribution in [2.45, 2.75) is 39.0 Å². The van der Waals surface area contributed by atoms with Crippen molar-refractivity contribution in [2.75, 3.05) is 6.54 Å². The Morgan fingerprint density at radius 2 is 2.07 bits per heavy atom. The number of alkyl halides is 1. The van der Waals surface area contributed by atoms with Crippen LogP contribution in [0.5, 0.6) is 0 Å². The molecule has 1 amide bonds. The van der Waals surface area contributed by atoms with Gasteiger partial charge in [-0.3, -0.25) is 0 Å². The van der Waals surface area contributed by atoms with Crippen molar-refractivity contribution in [3.63, 3.8) is 0 Å². The quantitative estimate of drug-likeness (QED) is 0.620. The van der Waals surface area contributed by atoms with Gasteiger partial charge in [0.15, 0.2) is 0 Å². The molecule has 1 aliphatic rings. The van der Waals surface area contributed by atoms with Crippen molar-refractivity contribution in [3.05, 3.63) is 0 Å². The van der Waals surface area contributed by atoms with Gasteiger partial charge in [0.05, 0.1) is 18.6 Å². The van der Waals surface area contributed by atoms with Crippen molar-refractivity contribution in [1.82, 2.24) is 4.90 Å². The second kappa shape index (κ2) is 3.38. The molecule has 0 aliphatic carbocycles. The lowest BCUT2D eigenvalue weighted by atomic mass is 9.83. The Hall–Kier alpha value is -0.840. The number of likely N-dealkylation sites (tertiary alicyclic amines) is 1.